The predicted molar refractivity (Wildman–Crippen MR) is 94.2 cm³/mol. The van der Waals surface area contributed by atoms with Crippen molar-refractivity contribution in [1.29, 1.82) is 0 Å². The largest absolute Gasteiger partial charge is 0.462 e. The SMILES string of the molecule is Nc1ccc([N+](=O)[O-])cc1C(=O)OCCCN1C(=O)c2ccccc2C1=O. The highest BCUT2D eigenvalue weighted by atomic mass is 16.6. The van der Waals surface area contributed by atoms with E-state index in [2.05, 4.69) is 0 Å². The molecule has 27 heavy (non-hydrogen) atoms. The second kappa shape index (κ2) is 7.24. The van der Waals surface area contributed by atoms with Gasteiger partial charge in [-0.2, -0.15) is 0 Å². The van der Waals surface area contributed by atoms with Crippen molar-refractivity contribution < 1.29 is 24.0 Å². The van der Waals surface area contributed by atoms with E-state index in [1.165, 1.54) is 12.1 Å². The summed E-state index contributed by atoms with van der Waals surface area (Å²) in [4.78, 5) is 47.8. The molecule has 0 radical (unpaired) electrons. The van der Waals surface area contributed by atoms with Gasteiger partial charge in [0, 0.05) is 24.4 Å². The second-order valence-corrected chi connectivity index (χ2v) is 5.83. The number of hydrogen-bond donors (Lipinski definition) is 1. The molecule has 2 amide bonds. The van der Waals surface area contributed by atoms with Crippen LogP contribution in [0.25, 0.3) is 0 Å². The predicted octanol–water partition coefficient (Wildman–Crippen LogP) is 2.02. The summed E-state index contributed by atoms with van der Waals surface area (Å²) in [5, 5.41) is 10.8. The number of carbonyl (C=O) groups excluding carboxylic acids is 3. The smallest absolute Gasteiger partial charge is 0.340 e. The van der Waals surface area contributed by atoms with E-state index in [1.54, 1.807) is 24.3 Å². The molecule has 2 aromatic rings. The molecule has 0 spiro atoms. The van der Waals surface area contributed by atoms with E-state index in [1.807, 2.05) is 0 Å². The van der Waals surface area contributed by atoms with Crippen LogP contribution in [0, 0.1) is 10.1 Å². The average molecular weight is 369 g/mol. The number of non-ortho nitro benzene ring substituents is 1. The number of imide groups is 1. The maximum atomic E-state index is 12.2. The molecule has 9 nitrogen and oxygen atoms in total. The Hall–Kier alpha value is -3.75. The van der Waals surface area contributed by atoms with Crippen LogP contribution >= 0.6 is 0 Å². The molecule has 1 aliphatic rings. The molecule has 1 aliphatic heterocycles. The summed E-state index contributed by atoms with van der Waals surface area (Å²) in [6.07, 6.45) is 0.228. The number of hydrogen-bond acceptors (Lipinski definition) is 7. The summed E-state index contributed by atoms with van der Waals surface area (Å²) in [6.45, 7) is 0.0123. The van der Waals surface area contributed by atoms with Crippen molar-refractivity contribution in [2.24, 2.45) is 0 Å². The Morgan fingerprint density at radius 1 is 1.11 bits per heavy atom. The molecule has 138 valence electrons. The highest BCUT2D eigenvalue weighted by molar-refractivity contribution is 6.21. The fraction of sp³-hybridized carbons (Fsp3) is 0.167. The summed E-state index contributed by atoms with van der Waals surface area (Å²) in [5.41, 5.74) is 6.04. The minimum absolute atomic E-state index is 0.0611. The third-order valence-corrected chi connectivity index (χ3v) is 4.11. The summed E-state index contributed by atoms with van der Waals surface area (Å²) >= 11 is 0. The monoisotopic (exact) mass is 369 g/mol. The Bertz CT molecular complexity index is 921. The normalized spacial score (nSPS) is 12.8. The number of benzene rings is 2. The number of ether oxygens (including phenoxy) is 1. The van der Waals surface area contributed by atoms with Gasteiger partial charge in [0.15, 0.2) is 0 Å². The number of nitrogens with zero attached hydrogens (tertiary/aromatic N) is 2. The van der Waals surface area contributed by atoms with Gasteiger partial charge in [-0.1, -0.05) is 12.1 Å². The van der Waals surface area contributed by atoms with Gasteiger partial charge in [0.05, 0.1) is 28.2 Å². The third-order valence-electron chi connectivity index (χ3n) is 4.11. The number of anilines is 1. The van der Waals surface area contributed by atoms with Crippen LogP contribution < -0.4 is 5.73 Å². The molecule has 9 heteroatoms. The lowest BCUT2D eigenvalue weighted by Crippen LogP contribution is -2.31. The molecule has 0 aliphatic carbocycles. The van der Waals surface area contributed by atoms with Crippen molar-refractivity contribution in [3.63, 3.8) is 0 Å². The average Bonchev–Trinajstić information content (AvgIpc) is 2.90. The molecular formula is C18H15N3O6. The lowest BCUT2D eigenvalue weighted by atomic mass is 10.1. The first-order chi connectivity index (χ1) is 12.9. The Balaban J connectivity index is 1.56. The zero-order valence-corrected chi connectivity index (χ0v) is 14.1. The van der Waals surface area contributed by atoms with Gasteiger partial charge >= 0.3 is 5.97 Å². The number of nitro groups is 1. The van der Waals surface area contributed by atoms with Gasteiger partial charge in [-0.3, -0.25) is 24.6 Å². The lowest BCUT2D eigenvalue weighted by molar-refractivity contribution is -0.384. The number of rotatable bonds is 6. The Morgan fingerprint density at radius 2 is 1.74 bits per heavy atom. The summed E-state index contributed by atoms with van der Waals surface area (Å²) in [6, 6.07) is 10.0. The summed E-state index contributed by atoms with van der Waals surface area (Å²) < 4.78 is 5.06. The standard InChI is InChI=1S/C18H15N3O6/c19-15-7-6-11(21(25)26)10-14(15)18(24)27-9-3-8-20-16(22)12-4-1-2-5-13(12)17(20)23/h1-2,4-7,10H,3,8-9,19H2. The minimum atomic E-state index is -0.807. The van der Waals surface area contributed by atoms with Gasteiger partial charge in [-0.05, 0) is 24.6 Å². The van der Waals surface area contributed by atoms with Gasteiger partial charge in [0.25, 0.3) is 17.5 Å². The van der Waals surface area contributed by atoms with Crippen molar-refractivity contribution in [3.05, 3.63) is 69.3 Å². The number of nitrogen functional groups attached to an aromatic ring is 1. The number of fused-ring (bicyclic) bond motifs is 1. The van der Waals surface area contributed by atoms with Gasteiger partial charge in [-0.25, -0.2) is 4.79 Å². The van der Waals surface area contributed by atoms with Crippen LogP contribution in [0.5, 0.6) is 0 Å². The van der Waals surface area contributed by atoms with E-state index in [0.29, 0.717) is 11.1 Å². The molecule has 0 saturated carbocycles. The van der Waals surface area contributed by atoms with Crippen LogP contribution in [0.3, 0.4) is 0 Å². The maximum absolute atomic E-state index is 12.2. The van der Waals surface area contributed by atoms with Crippen LogP contribution in [-0.4, -0.2) is 40.8 Å². The van der Waals surface area contributed by atoms with Gasteiger partial charge in [0.2, 0.25) is 0 Å². The Kier molecular flexibility index (Phi) is 4.84. The van der Waals surface area contributed by atoms with Crippen LogP contribution in [0.15, 0.2) is 42.5 Å². The van der Waals surface area contributed by atoms with Crippen molar-refractivity contribution in [1.82, 2.24) is 4.90 Å². The van der Waals surface area contributed by atoms with Gasteiger partial charge in [-0.15, -0.1) is 0 Å². The first-order valence-electron chi connectivity index (χ1n) is 8.06. The minimum Gasteiger partial charge on any atom is -0.462 e. The number of carbonyl (C=O) groups is 3. The van der Waals surface area contributed by atoms with Crippen molar-refractivity contribution >= 4 is 29.2 Å². The molecule has 2 N–H and O–H groups in total. The van der Waals surface area contributed by atoms with E-state index in [4.69, 9.17) is 10.5 Å². The Morgan fingerprint density at radius 3 is 2.33 bits per heavy atom. The number of esters is 1. The van der Waals surface area contributed by atoms with Crippen LogP contribution in [-0.2, 0) is 4.74 Å². The fourth-order valence-electron chi connectivity index (χ4n) is 2.74. The van der Waals surface area contributed by atoms with E-state index in [9.17, 15) is 24.5 Å². The molecule has 0 unspecified atom stereocenters. The highest BCUT2D eigenvalue weighted by Crippen LogP contribution is 2.23. The maximum Gasteiger partial charge on any atom is 0.340 e. The van der Waals surface area contributed by atoms with Crippen LogP contribution in [0.1, 0.15) is 37.5 Å². The van der Waals surface area contributed by atoms with E-state index in [0.717, 1.165) is 11.0 Å². The van der Waals surface area contributed by atoms with Crippen LogP contribution in [0.2, 0.25) is 0 Å². The second-order valence-electron chi connectivity index (χ2n) is 5.83. The number of amides is 2. The number of nitro benzene ring substituents is 1. The lowest BCUT2D eigenvalue weighted by Gasteiger charge is -2.13. The molecule has 0 atom stereocenters. The van der Waals surface area contributed by atoms with Gasteiger partial charge in [0.1, 0.15) is 0 Å². The molecular weight excluding hydrogens is 354 g/mol. The highest BCUT2D eigenvalue weighted by Gasteiger charge is 2.34. The quantitative estimate of drug-likeness (QED) is 0.206. The molecule has 3 rings (SSSR count). The fourth-order valence-corrected chi connectivity index (χ4v) is 2.74. The first kappa shape index (κ1) is 18.1. The zero-order valence-electron chi connectivity index (χ0n) is 14.1. The van der Waals surface area contributed by atoms with Crippen molar-refractivity contribution in [2.75, 3.05) is 18.9 Å². The molecule has 0 saturated heterocycles. The van der Waals surface area contributed by atoms with Crippen LogP contribution in [0.4, 0.5) is 11.4 Å². The summed E-state index contributed by atoms with van der Waals surface area (Å²) in [7, 11) is 0. The summed E-state index contributed by atoms with van der Waals surface area (Å²) in [5.74, 6) is -1.58. The third kappa shape index (κ3) is 3.47. The molecule has 2 aromatic carbocycles. The van der Waals surface area contributed by atoms with E-state index >= 15 is 0 Å². The van der Waals surface area contributed by atoms with Crippen molar-refractivity contribution in [3.8, 4) is 0 Å². The molecule has 0 bridgehead atoms. The molecule has 0 fully saturated rings. The topological polar surface area (TPSA) is 133 Å². The van der Waals surface area contributed by atoms with Crippen molar-refractivity contribution in [2.45, 2.75) is 6.42 Å². The number of nitrogens with two attached hydrogens (primary N) is 1. The zero-order chi connectivity index (χ0) is 19.6. The Labute approximate surface area is 153 Å². The van der Waals surface area contributed by atoms with E-state index < -0.39 is 10.9 Å². The molecule has 1 heterocycles. The first-order valence-corrected chi connectivity index (χ1v) is 8.06. The van der Waals surface area contributed by atoms with E-state index in [-0.39, 0.29) is 48.3 Å². The molecule has 0 aromatic heterocycles. The van der Waals surface area contributed by atoms with Gasteiger partial charge < -0.3 is 10.5 Å².